The molecule has 3 N–H and O–H groups in total. The summed E-state index contributed by atoms with van der Waals surface area (Å²) in [6, 6.07) is 9.64. The lowest BCUT2D eigenvalue weighted by Crippen LogP contribution is -2.41. The average Bonchev–Trinajstić information content (AvgIpc) is 2.72. The molecule has 0 amide bonds. The average molecular weight is 540 g/mol. The maximum absolute atomic E-state index is 11.4. The number of ether oxygens (including phenoxy) is 1. The number of hydrogen-bond donors (Lipinski definition) is 3. The van der Waals surface area contributed by atoms with Crippen molar-refractivity contribution in [2.45, 2.75) is 25.3 Å². The molecule has 0 aromatic heterocycles. The molecule has 0 spiro atoms. The molecule has 0 aliphatic carbocycles. The first-order chi connectivity index (χ1) is 15.1. The first kappa shape index (κ1) is 25.5. The van der Waals surface area contributed by atoms with Crippen molar-refractivity contribution >= 4 is 63.3 Å². The van der Waals surface area contributed by atoms with Crippen molar-refractivity contribution in [2.24, 2.45) is 0 Å². The third-order valence-electron chi connectivity index (χ3n) is 4.95. The maximum Gasteiger partial charge on any atom is 0.305 e. The number of benzene rings is 2. The molecule has 0 saturated heterocycles. The number of methoxy groups -OCH3 is 1. The lowest BCUT2D eigenvalue weighted by Gasteiger charge is -2.49. The Morgan fingerprint density at radius 1 is 1.09 bits per heavy atom. The van der Waals surface area contributed by atoms with Crippen molar-refractivity contribution < 1.29 is 18.6 Å². The Labute approximate surface area is 208 Å². The summed E-state index contributed by atoms with van der Waals surface area (Å²) in [6.45, 7) is 0.226. The molecule has 1 aliphatic heterocycles. The summed E-state index contributed by atoms with van der Waals surface area (Å²) in [4.78, 5) is 11.4. The van der Waals surface area contributed by atoms with Gasteiger partial charge in [0, 0.05) is 39.3 Å². The fourth-order valence-corrected chi connectivity index (χ4v) is 5.73. The van der Waals surface area contributed by atoms with Crippen LogP contribution in [0.1, 0.15) is 30.0 Å². The molecule has 0 radical (unpaired) electrons. The highest BCUT2D eigenvalue weighted by Gasteiger charge is 2.34. The van der Waals surface area contributed by atoms with Gasteiger partial charge in [-0.25, -0.2) is 0 Å². The Morgan fingerprint density at radius 3 is 2.38 bits per heavy atom. The highest BCUT2D eigenvalue weighted by molar-refractivity contribution is 8.20. The molecule has 6 nitrogen and oxygen atoms in total. The van der Waals surface area contributed by atoms with E-state index in [-0.39, 0.29) is 18.9 Å². The van der Waals surface area contributed by atoms with Gasteiger partial charge in [0.2, 0.25) is 0 Å². The molecule has 0 fully saturated rings. The van der Waals surface area contributed by atoms with Crippen LogP contribution < -0.4 is 4.72 Å². The Morgan fingerprint density at radius 2 is 1.75 bits per heavy atom. The molecule has 11 heteroatoms. The minimum Gasteiger partial charge on any atom is -0.469 e. The third kappa shape index (κ3) is 6.24. The third-order valence-corrected chi connectivity index (χ3v) is 7.60. The number of halogens is 4. The smallest absolute Gasteiger partial charge is 0.305 e. The summed E-state index contributed by atoms with van der Waals surface area (Å²) in [5, 5.41) is 1.87. The van der Waals surface area contributed by atoms with E-state index in [4.69, 9.17) is 46.4 Å². The van der Waals surface area contributed by atoms with Crippen molar-refractivity contribution in [2.75, 3.05) is 13.7 Å². The van der Waals surface area contributed by atoms with E-state index >= 15 is 0 Å². The van der Waals surface area contributed by atoms with E-state index in [1.165, 1.54) is 11.4 Å². The molecule has 2 aromatic rings. The summed E-state index contributed by atoms with van der Waals surface area (Å²) in [7, 11) is -2.07. The fraction of sp³-hybridized carbons (Fsp3) is 0.286. The predicted octanol–water partition coefficient (Wildman–Crippen LogP) is 6.91. The normalized spacial score (nSPS) is 18.8. The number of carbonyl (C=O) groups is 1. The van der Waals surface area contributed by atoms with E-state index in [1.54, 1.807) is 36.5 Å². The van der Waals surface area contributed by atoms with Gasteiger partial charge >= 0.3 is 5.97 Å². The van der Waals surface area contributed by atoms with Crippen molar-refractivity contribution in [3.05, 3.63) is 79.4 Å². The molecule has 1 atom stereocenters. The molecule has 1 heterocycles. The van der Waals surface area contributed by atoms with E-state index in [0.717, 1.165) is 11.1 Å². The van der Waals surface area contributed by atoms with Crippen molar-refractivity contribution in [3.63, 3.8) is 0 Å². The summed E-state index contributed by atoms with van der Waals surface area (Å²) in [6.07, 6.45) is 2.61. The van der Waals surface area contributed by atoms with Crippen LogP contribution in [0.25, 0.3) is 0 Å². The van der Waals surface area contributed by atoms with Gasteiger partial charge in [-0.3, -0.25) is 18.2 Å². The Balaban J connectivity index is 1.97. The lowest BCUT2D eigenvalue weighted by molar-refractivity contribution is -0.140. The molecule has 0 saturated carbocycles. The van der Waals surface area contributed by atoms with Crippen LogP contribution in [0.5, 0.6) is 0 Å². The highest BCUT2D eigenvalue weighted by Crippen LogP contribution is 2.49. The number of hydrogen-bond acceptors (Lipinski definition) is 6. The zero-order valence-corrected chi connectivity index (χ0v) is 20.9. The second-order valence-corrected chi connectivity index (χ2v) is 10.6. The zero-order valence-electron chi connectivity index (χ0n) is 17.0. The Hall–Kier alpha value is -1.16. The quantitative estimate of drug-likeness (QED) is 0.332. The van der Waals surface area contributed by atoms with Gasteiger partial charge in [-0.15, -0.1) is 0 Å². The SMILES string of the molecule is COC(=O)CCCN1C=C(Cc2ccc(Cl)cc2Cl)C(c2ccc(Cl)cc2Cl)NS1(O)O. The van der Waals surface area contributed by atoms with Crippen LogP contribution in [0.15, 0.2) is 48.2 Å². The van der Waals surface area contributed by atoms with E-state index < -0.39 is 17.0 Å². The molecule has 3 rings (SSSR count). The molecular weight excluding hydrogens is 518 g/mol. The summed E-state index contributed by atoms with van der Waals surface area (Å²) >= 11 is 24.9. The summed E-state index contributed by atoms with van der Waals surface area (Å²) in [5.41, 5.74) is 2.25. The predicted molar refractivity (Wildman–Crippen MR) is 131 cm³/mol. The van der Waals surface area contributed by atoms with Crippen LogP contribution in [-0.4, -0.2) is 33.0 Å². The van der Waals surface area contributed by atoms with Gasteiger partial charge in [-0.2, -0.15) is 4.72 Å². The van der Waals surface area contributed by atoms with E-state index in [2.05, 4.69) is 9.46 Å². The van der Waals surface area contributed by atoms with E-state index in [0.29, 0.717) is 38.5 Å². The van der Waals surface area contributed by atoms with Gasteiger partial charge in [-0.05, 0) is 53.8 Å². The van der Waals surface area contributed by atoms with Gasteiger partial charge in [0.15, 0.2) is 0 Å². The van der Waals surface area contributed by atoms with Gasteiger partial charge < -0.3 is 4.74 Å². The minimum atomic E-state index is -3.39. The number of nitrogens with zero attached hydrogens (tertiary/aromatic N) is 1. The molecule has 32 heavy (non-hydrogen) atoms. The van der Waals surface area contributed by atoms with Crippen LogP contribution in [0.3, 0.4) is 0 Å². The summed E-state index contributed by atoms with van der Waals surface area (Å²) in [5.74, 6) is -0.366. The number of esters is 1. The van der Waals surface area contributed by atoms with Crippen LogP contribution in [0, 0.1) is 0 Å². The zero-order chi connectivity index (χ0) is 23.5. The first-order valence-electron chi connectivity index (χ1n) is 9.59. The number of carbonyl (C=O) groups excluding carboxylic acids is 1. The second kappa shape index (κ2) is 10.8. The fourth-order valence-electron chi connectivity index (χ4n) is 3.34. The van der Waals surface area contributed by atoms with Gasteiger partial charge in [0.1, 0.15) is 0 Å². The molecule has 2 aromatic carbocycles. The van der Waals surface area contributed by atoms with Crippen molar-refractivity contribution in [1.82, 2.24) is 9.03 Å². The Bertz CT molecular complexity index is 1030. The Kier molecular flexibility index (Phi) is 8.63. The molecule has 1 unspecified atom stereocenters. The van der Waals surface area contributed by atoms with Crippen LogP contribution >= 0.6 is 57.4 Å². The second-order valence-electron chi connectivity index (χ2n) is 7.17. The molecule has 0 bridgehead atoms. The van der Waals surface area contributed by atoms with Crippen molar-refractivity contribution in [1.29, 1.82) is 0 Å². The minimum absolute atomic E-state index is 0.154. The highest BCUT2D eigenvalue weighted by atomic mass is 35.5. The lowest BCUT2D eigenvalue weighted by atomic mass is 9.94. The van der Waals surface area contributed by atoms with Crippen LogP contribution in [0.2, 0.25) is 20.1 Å². The first-order valence-corrected chi connectivity index (χ1v) is 12.6. The van der Waals surface area contributed by atoms with Crippen LogP contribution in [0.4, 0.5) is 0 Å². The maximum atomic E-state index is 11.4. The van der Waals surface area contributed by atoms with Crippen LogP contribution in [-0.2, 0) is 16.0 Å². The monoisotopic (exact) mass is 538 g/mol. The van der Waals surface area contributed by atoms with Gasteiger partial charge in [0.25, 0.3) is 0 Å². The summed E-state index contributed by atoms with van der Waals surface area (Å²) < 4.78 is 30.5. The molecule has 174 valence electrons. The molecular formula is C21H22Cl4N2O4S. The number of rotatable bonds is 7. The van der Waals surface area contributed by atoms with Gasteiger partial charge in [-0.1, -0.05) is 69.5 Å². The molecule has 1 aliphatic rings. The van der Waals surface area contributed by atoms with Crippen molar-refractivity contribution in [3.8, 4) is 0 Å². The topological polar surface area (TPSA) is 82.0 Å². The number of nitrogens with one attached hydrogen (secondary N) is 1. The largest absolute Gasteiger partial charge is 0.469 e. The van der Waals surface area contributed by atoms with E-state index in [9.17, 15) is 13.9 Å². The van der Waals surface area contributed by atoms with Gasteiger partial charge in [0.05, 0.1) is 13.2 Å². The standard InChI is InChI=1S/C21H22Cl4N2O4S/c1-31-20(28)3-2-8-27-12-14(9-13-4-5-15(22)10-18(13)24)21(26-32(27,29)30)17-7-6-16(23)11-19(17)25/h4-7,10-12,21,26,29-30H,2-3,8-9H2,1H3. The van der Waals surface area contributed by atoms with E-state index in [1.807, 2.05) is 6.07 Å².